The molecule has 1 atom stereocenters. The van der Waals surface area contributed by atoms with E-state index in [0.717, 1.165) is 5.70 Å². The highest BCUT2D eigenvalue weighted by Crippen LogP contribution is 2.43. The molecule has 0 saturated carbocycles. The van der Waals surface area contributed by atoms with E-state index in [1.807, 2.05) is 12.2 Å². The smallest absolute Gasteiger partial charge is 0.323 e. The van der Waals surface area contributed by atoms with Crippen LogP contribution >= 0.6 is 0 Å². The van der Waals surface area contributed by atoms with E-state index in [0.29, 0.717) is 6.54 Å². The van der Waals surface area contributed by atoms with E-state index in [-0.39, 0.29) is 0 Å². The maximum absolute atomic E-state index is 11.2. The fourth-order valence-corrected chi connectivity index (χ4v) is 1.61. The highest BCUT2D eigenvalue weighted by molar-refractivity contribution is 5.89. The van der Waals surface area contributed by atoms with E-state index >= 15 is 0 Å². The summed E-state index contributed by atoms with van der Waals surface area (Å²) >= 11 is 0. The minimum Gasteiger partial charge on any atom is -0.480 e. The molecular formula is C14H14N2O2. The van der Waals surface area contributed by atoms with Gasteiger partial charge in [-0.15, -0.1) is 0 Å². The number of carboxylic acid groups (broad SMARTS) is 1. The summed E-state index contributed by atoms with van der Waals surface area (Å²) in [6.07, 6.45) is 17.5. The number of nitrogens with one attached hydrogen (secondary N) is 1. The fourth-order valence-electron chi connectivity index (χ4n) is 1.61. The van der Waals surface area contributed by atoms with Gasteiger partial charge in [0, 0.05) is 24.7 Å². The number of hydrogen-bond acceptors (Lipinski definition) is 3. The Morgan fingerprint density at radius 1 is 1.28 bits per heavy atom. The SMILES string of the molecule is O=C(O)C12C=CC=CC=CN=CC=CCNC1=C2. The van der Waals surface area contributed by atoms with Gasteiger partial charge in [0.2, 0.25) is 0 Å². The van der Waals surface area contributed by atoms with Gasteiger partial charge in [-0.25, -0.2) is 0 Å². The van der Waals surface area contributed by atoms with Gasteiger partial charge in [-0.3, -0.25) is 9.79 Å². The number of aliphatic imine (C=N–C) groups is 1. The second-order valence-electron chi connectivity index (χ2n) is 3.92. The van der Waals surface area contributed by atoms with Crippen molar-refractivity contribution in [3.63, 3.8) is 0 Å². The predicted octanol–water partition coefficient (Wildman–Crippen LogP) is 1.81. The molecule has 0 aromatic carbocycles. The molecule has 2 N–H and O–H groups in total. The van der Waals surface area contributed by atoms with Crippen molar-refractivity contribution in [1.82, 2.24) is 5.32 Å². The van der Waals surface area contributed by atoms with Crippen molar-refractivity contribution in [1.29, 1.82) is 0 Å². The van der Waals surface area contributed by atoms with Gasteiger partial charge in [0.1, 0.15) is 5.41 Å². The topological polar surface area (TPSA) is 61.7 Å². The minimum absolute atomic E-state index is 0.584. The van der Waals surface area contributed by atoms with Crippen molar-refractivity contribution in [3.8, 4) is 0 Å². The first-order valence-corrected chi connectivity index (χ1v) is 5.66. The molecule has 1 aliphatic carbocycles. The van der Waals surface area contributed by atoms with Crippen LogP contribution in [-0.2, 0) is 4.79 Å². The first-order chi connectivity index (χ1) is 8.76. The number of nitrogens with zero attached hydrogens (tertiary/aromatic N) is 1. The number of fused-ring (bicyclic) bond motifs is 1. The molecule has 1 aliphatic heterocycles. The maximum Gasteiger partial charge on any atom is 0.323 e. The molecule has 2 rings (SSSR count). The summed E-state index contributed by atoms with van der Waals surface area (Å²) in [5.41, 5.74) is -0.214. The summed E-state index contributed by atoms with van der Waals surface area (Å²) in [6.45, 7) is 0.584. The van der Waals surface area contributed by atoms with Crippen LogP contribution in [0.25, 0.3) is 0 Å². The summed E-state index contributed by atoms with van der Waals surface area (Å²) in [5, 5.41) is 12.3. The molecular weight excluding hydrogens is 228 g/mol. The van der Waals surface area contributed by atoms with Gasteiger partial charge >= 0.3 is 5.97 Å². The summed E-state index contributed by atoms with van der Waals surface area (Å²) in [7, 11) is 0. The van der Waals surface area contributed by atoms with E-state index in [4.69, 9.17) is 0 Å². The minimum atomic E-state index is -0.944. The molecule has 0 bridgehead atoms. The van der Waals surface area contributed by atoms with Crippen LogP contribution in [0.3, 0.4) is 0 Å². The van der Waals surface area contributed by atoms with E-state index < -0.39 is 11.4 Å². The zero-order valence-corrected chi connectivity index (χ0v) is 9.78. The van der Waals surface area contributed by atoms with E-state index in [9.17, 15) is 9.90 Å². The van der Waals surface area contributed by atoms with Gasteiger partial charge in [0.05, 0.1) is 0 Å². The third-order valence-electron chi connectivity index (χ3n) is 2.67. The van der Waals surface area contributed by atoms with Gasteiger partial charge in [-0.2, -0.15) is 0 Å². The number of carboxylic acids is 1. The van der Waals surface area contributed by atoms with Crippen molar-refractivity contribution >= 4 is 12.2 Å². The Bertz CT molecular complexity index is 510. The molecule has 1 heterocycles. The first-order valence-electron chi connectivity index (χ1n) is 5.66. The van der Waals surface area contributed by atoms with Crippen LogP contribution < -0.4 is 5.32 Å². The average molecular weight is 242 g/mol. The average Bonchev–Trinajstić information content (AvgIpc) is 3.05. The number of aliphatic carboxylic acids is 1. The number of rotatable bonds is 1. The third kappa shape index (κ3) is 2.66. The van der Waals surface area contributed by atoms with Crippen LogP contribution in [0.5, 0.6) is 0 Å². The van der Waals surface area contributed by atoms with Crippen LogP contribution in [0.15, 0.2) is 65.5 Å². The van der Waals surface area contributed by atoms with Gasteiger partial charge in [-0.1, -0.05) is 30.4 Å². The normalized spacial score (nSPS) is 25.9. The van der Waals surface area contributed by atoms with Crippen LogP contribution in [0.2, 0.25) is 0 Å². The molecule has 0 spiro atoms. The van der Waals surface area contributed by atoms with Crippen molar-refractivity contribution in [3.05, 3.63) is 60.5 Å². The van der Waals surface area contributed by atoms with Crippen LogP contribution in [0.4, 0.5) is 0 Å². The zero-order valence-electron chi connectivity index (χ0n) is 9.78. The van der Waals surface area contributed by atoms with Crippen molar-refractivity contribution < 1.29 is 9.90 Å². The number of carbonyl (C=O) groups is 1. The van der Waals surface area contributed by atoms with Crippen molar-refractivity contribution in [2.75, 3.05) is 6.54 Å². The van der Waals surface area contributed by atoms with Gasteiger partial charge < -0.3 is 10.4 Å². The highest BCUT2D eigenvalue weighted by Gasteiger charge is 2.49. The predicted molar refractivity (Wildman–Crippen MR) is 71.2 cm³/mol. The Kier molecular flexibility index (Phi) is 3.57. The van der Waals surface area contributed by atoms with Gasteiger partial charge in [0.15, 0.2) is 0 Å². The van der Waals surface area contributed by atoms with E-state index in [1.54, 1.807) is 48.9 Å². The van der Waals surface area contributed by atoms with Crippen LogP contribution in [-0.4, -0.2) is 23.8 Å². The molecule has 18 heavy (non-hydrogen) atoms. The molecule has 0 saturated heterocycles. The Labute approximate surface area is 105 Å². The molecule has 2 aliphatic rings. The monoisotopic (exact) mass is 242 g/mol. The number of hydrogen-bond donors (Lipinski definition) is 2. The fraction of sp³-hybridized carbons (Fsp3) is 0.143. The van der Waals surface area contributed by atoms with E-state index in [1.165, 1.54) is 0 Å². The molecule has 0 fully saturated rings. The quantitative estimate of drug-likeness (QED) is 0.737. The van der Waals surface area contributed by atoms with Gasteiger partial charge in [-0.05, 0) is 18.2 Å². The first kappa shape index (κ1) is 12.1. The summed E-state index contributed by atoms with van der Waals surface area (Å²) in [6, 6.07) is 0. The van der Waals surface area contributed by atoms with E-state index in [2.05, 4.69) is 10.3 Å². The maximum atomic E-state index is 11.2. The molecule has 0 radical (unpaired) electrons. The second kappa shape index (κ2) is 5.31. The lowest BCUT2D eigenvalue weighted by molar-refractivity contribution is -0.140. The molecule has 0 aromatic rings. The standard InChI is InChI=1S/C14H14N2O2/c17-13(18)14-7-3-1-2-4-8-15-9-5-6-10-16-12(14)11-14/h1-9,11,16H,10H2,(H,17,18). The largest absolute Gasteiger partial charge is 0.480 e. The van der Waals surface area contributed by atoms with Crippen molar-refractivity contribution in [2.24, 2.45) is 10.4 Å². The lowest BCUT2D eigenvalue weighted by Crippen LogP contribution is -2.22. The summed E-state index contributed by atoms with van der Waals surface area (Å²) < 4.78 is 0. The Morgan fingerprint density at radius 3 is 2.94 bits per heavy atom. The molecule has 4 heteroatoms. The molecule has 0 amide bonds. The summed E-state index contributed by atoms with van der Waals surface area (Å²) in [5.74, 6) is -0.858. The Balaban J connectivity index is 2.14. The molecule has 4 nitrogen and oxygen atoms in total. The second-order valence-corrected chi connectivity index (χ2v) is 3.92. The zero-order chi connectivity index (χ0) is 12.8. The molecule has 92 valence electrons. The lowest BCUT2D eigenvalue weighted by atomic mass is 10.0. The van der Waals surface area contributed by atoms with Gasteiger partial charge in [0.25, 0.3) is 0 Å². The lowest BCUT2D eigenvalue weighted by Gasteiger charge is -2.08. The molecule has 1 unspecified atom stereocenters. The van der Waals surface area contributed by atoms with Crippen molar-refractivity contribution in [2.45, 2.75) is 0 Å². The Hall–Kier alpha value is -2.36. The Morgan fingerprint density at radius 2 is 2.11 bits per heavy atom. The molecule has 0 aromatic heterocycles. The summed E-state index contributed by atoms with van der Waals surface area (Å²) in [4.78, 5) is 15.3. The van der Waals surface area contributed by atoms with Crippen LogP contribution in [0.1, 0.15) is 0 Å². The number of allylic oxidation sites excluding steroid dienone is 5. The third-order valence-corrected chi connectivity index (χ3v) is 2.67. The highest BCUT2D eigenvalue weighted by atomic mass is 16.4. The van der Waals surface area contributed by atoms with Crippen LogP contribution in [0, 0.1) is 5.41 Å².